The molecule has 0 radical (unpaired) electrons. The standard InChI is InChI=1S/C37H40ClFN8O3/c1-20-27-11-7-21-18-30(46(34(21)43-27)14-5-3-4-6-28-24(36(48)41-20)10-12-32(38)42-28)35-44-29-17-22(16-25(39)33(29)47(35)23-8-9-23)37(49)45-15-13-31(50-2)26(40)19-45/h7,10-12,16-18,20,23,26,31H,3-6,8-9,13-15,19,40H2,1-2H3,(H,41,48)/t20-,26+,31-/m1/s1. The van der Waals surface area contributed by atoms with Crippen molar-refractivity contribution in [2.24, 2.45) is 5.73 Å². The lowest BCUT2D eigenvalue weighted by Crippen LogP contribution is -2.53. The first-order valence-corrected chi connectivity index (χ1v) is 17.8. The zero-order valence-electron chi connectivity index (χ0n) is 28.2. The van der Waals surface area contributed by atoms with E-state index in [2.05, 4.69) is 20.9 Å². The molecule has 1 aromatic carbocycles. The number of nitrogens with zero attached hydrogens (tertiary/aromatic N) is 6. The van der Waals surface area contributed by atoms with Crippen LogP contribution in [0.2, 0.25) is 5.15 Å². The number of imidazole rings is 1. The van der Waals surface area contributed by atoms with E-state index >= 15 is 4.39 Å². The van der Waals surface area contributed by atoms with Crippen molar-refractivity contribution in [3.05, 3.63) is 75.9 Å². The fraction of sp³-hybridized carbons (Fsp3) is 0.432. The Labute approximate surface area is 294 Å². The van der Waals surface area contributed by atoms with Crippen LogP contribution < -0.4 is 11.1 Å². The van der Waals surface area contributed by atoms with E-state index in [-0.39, 0.29) is 41.6 Å². The van der Waals surface area contributed by atoms with Crippen molar-refractivity contribution in [1.82, 2.24) is 34.3 Å². The van der Waals surface area contributed by atoms with Gasteiger partial charge in [-0.25, -0.2) is 19.3 Å². The number of fused-ring (bicyclic) bond motifs is 3. The molecule has 2 aliphatic heterocycles. The van der Waals surface area contributed by atoms with Crippen molar-refractivity contribution in [3.63, 3.8) is 0 Å². The molecule has 5 aromatic rings. The predicted octanol–water partition coefficient (Wildman–Crippen LogP) is 5.98. The highest BCUT2D eigenvalue weighted by Gasteiger charge is 2.34. The number of piperidine rings is 1. The summed E-state index contributed by atoms with van der Waals surface area (Å²) >= 11 is 6.22. The number of carbonyl (C=O) groups is 2. The molecule has 8 rings (SSSR count). The third-order valence-electron chi connectivity index (χ3n) is 10.3. The number of benzene rings is 1. The van der Waals surface area contributed by atoms with Crippen LogP contribution in [-0.4, -0.2) is 73.1 Å². The molecule has 0 unspecified atom stereocenters. The van der Waals surface area contributed by atoms with Gasteiger partial charge in [-0.3, -0.25) is 9.59 Å². The Kier molecular flexibility index (Phi) is 8.56. The van der Waals surface area contributed by atoms with Crippen molar-refractivity contribution in [2.75, 3.05) is 20.2 Å². The Balaban J connectivity index is 1.19. The van der Waals surface area contributed by atoms with E-state index < -0.39 is 5.82 Å². The molecule has 0 spiro atoms. The van der Waals surface area contributed by atoms with E-state index in [0.29, 0.717) is 65.7 Å². The summed E-state index contributed by atoms with van der Waals surface area (Å²) in [5.74, 6) is -0.293. The Morgan fingerprint density at radius 1 is 1.04 bits per heavy atom. The van der Waals surface area contributed by atoms with Crippen LogP contribution in [0.3, 0.4) is 0 Å². The third-order valence-corrected chi connectivity index (χ3v) is 10.6. The van der Waals surface area contributed by atoms with E-state index in [4.69, 9.17) is 32.0 Å². The molecule has 260 valence electrons. The number of hydrogen-bond donors (Lipinski definition) is 2. The Morgan fingerprint density at radius 3 is 2.66 bits per heavy atom. The van der Waals surface area contributed by atoms with Crippen LogP contribution in [0.15, 0.2) is 42.5 Å². The smallest absolute Gasteiger partial charge is 0.254 e. The number of aromatic nitrogens is 5. The maximum Gasteiger partial charge on any atom is 0.254 e. The summed E-state index contributed by atoms with van der Waals surface area (Å²) in [6.45, 7) is 3.41. The molecule has 3 aliphatic rings. The topological polar surface area (TPSA) is 133 Å². The third kappa shape index (κ3) is 5.92. The van der Waals surface area contributed by atoms with Gasteiger partial charge in [0.1, 0.15) is 22.1 Å². The lowest BCUT2D eigenvalue weighted by Gasteiger charge is -2.35. The van der Waals surface area contributed by atoms with Gasteiger partial charge in [0, 0.05) is 49.8 Å². The van der Waals surface area contributed by atoms with Crippen molar-refractivity contribution < 1.29 is 18.7 Å². The van der Waals surface area contributed by atoms with E-state index in [1.54, 1.807) is 30.2 Å². The molecule has 50 heavy (non-hydrogen) atoms. The second-order valence-corrected chi connectivity index (χ2v) is 14.2. The van der Waals surface area contributed by atoms with E-state index in [1.165, 1.54) is 6.07 Å². The molecule has 1 saturated heterocycles. The normalized spacial score (nSPS) is 21.7. The molecule has 2 amide bonds. The first-order chi connectivity index (χ1) is 24.2. The lowest BCUT2D eigenvalue weighted by molar-refractivity contribution is 0.0227. The summed E-state index contributed by atoms with van der Waals surface area (Å²) in [5.41, 5.74) is 10.9. The molecular weight excluding hydrogens is 659 g/mol. The molecule has 2 fully saturated rings. The minimum Gasteiger partial charge on any atom is -0.380 e. The van der Waals surface area contributed by atoms with Gasteiger partial charge in [-0.1, -0.05) is 18.0 Å². The van der Waals surface area contributed by atoms with Gasteiger partial charge in [0.2, 0.25) is 0 Å². The van der Waals surface area contributed by atoms with Crippen molar-refractivity contribution in [1.29, 1.82) is 0 Å². The maximum absolute atomic E-state index is 16.2. The van der Waals surface area contributed by atoms with Gasteiger partial charge in [-0.2, -0.15) is 0 Å². The number of halogens is 2. The SMILES string of the molecule is CO[C@@H]1CCN(C(=O)c2cc(F)c3c(c2)nc(-c2cc4ccc5nc4n2CCCCCc2nc(Cl)ccc2C(=O)N[C@@H]5C)n3C2CC2)C[C@@H]1N. The molecule has 13 heteroatoms. The van der Waals surface area contributed by atoms with Crippen molar-refractivity contribution >= 4 is 45.5 Å². The molecule has 2 bridgehead atoms. The highest BCUT2D eigenvalue weighted by atomic mass is 35.5. The van der Waals surface area contributed by atoms with Crippen LogP contribution in [0.25, 0.3) is 33.6 Å². The zero-order chi connectivity index (χ0) is 34.7. The zero-order valence-corrected chi connectivity index (χ0v) is 28.9. The Morgan fingerprint density at radius 2 is 1.88 bits per heavy atom. The van der Waals surface area contributed by atoms with E-state index in [1.807, 2.05) is 23.6 Å². The average Bonchev–Trinajstić information content (AvgIpc) is 3.77. The van der Waals surface area contributed by atoms with E-state index in [0.717, 1.165) is 54.5 Å². The molecule has 4 aromatic heterocycles. The minimum absolute atomic E-state index is 0.111. The van der Waals surface area contributed by atoms with Gasteiger partial charge in [0.25, 0.3) is 11.8 Å². The highest BCUT2D eigenvalue weighted by molar-refractivity contribution is 6.29. The average molecular weight is 699 g/mol. The highest BCUT2D eigenvalue weighted by Crippen LogP contribution is 2.43. The number of methoxy groups -OCH3 is 1. The summed E-state index contributed by atoms with van der Waals surface area (Å²) < 4.78 is 25.8. The molecule has 1 aliphatic carbocycles. The first-order valence-electron chi connectivity index (χ1n) is 17.5. The summed E-state index contributed by atoms with van der Waals surface area (Å²) in [6, 6.07) is 11.9. The van der Waals surface area contributed by atoms with Crippen LogP contribution in [0.4, 0.5) is 4.39 Å². The summed E-state index contributed by atoms with van der Waals surface area (Å²) in [6.07, 6.45) is 5.54. The van der Waals surface area contributed by atoms with Crippen LogP contribution >= 0.6 is 11.6 Å². The summed E-state index contributed by atoms with van der Waals surface area (Å²) in [7, 11) is 1.63. The Bertz CT molecular complexity index is 2140. The maximum atomic E-state index is 16.2. The van der Waals surface area contributed by atoms with Crippen LogP contribution in [-0.2, 0) is 17.7 Å². The van der Waals surface area contributed by atoms with Gasteiger partial charge in [-0.05, 0) is 87.9 Å². The molecule has 3 N–H and O–H groups in total. The number of hydrogen-bond acceptors (Lipinski definition) is 7. The van der Waals surface area contributed by atoms with Crippen LogP contribution in [0.5, 0.6) is 0 Å². The quantitative estimate of drug-likeness (QED) is 0.221. The monoisotopic (exact) mass is 698 g/mol. The summed E-state index contributed by atoms with van der Waals surface area (Å²) in [4.78, 5) is 43.3. The second kappa shape index (κ2) is 13.1. The number of amides is 2. The van der Waals surface area contributed by atoms with Gasteiger partial charge in [0.05, 0.1) is 40.3 Å². The number of carbonyl (C=O) groups excluding carboxylic acids is 2. The number of nitrogens with one attached hydrogen (secondary N) is 1. The van der Waals surface area contributed by atoms with Gasteiger partial charge >= 0.3 is 0 Å². The Hall–Kier alpha value is -4.39. The van der Waals surface area contributed by atoms with Crippen molar-refractivity contribution in [3.8, 4) is 11.5 Å². The fourth-order valence-electron chi connectivity index (χ4n) is 7.55. The van der Waals surface area contributed by atoms with E-state index in [9.17, 15) is 9.59 Å². The number of aryl methyl sites for hydroxylation is 2. The molecule has 6 heterocycles. The van der Waals surface area contributed by atoms with Crippen LogP contribution in [0.1, 0.15) is 89.6 Å². The predicted molar refractivity (Wildman–Crippen MR) is 189 cm³/mol. The van der Waals surface area contributed by atoms with Crippen molar-refractivity contribution in [2.45, 2.75) is 82.6 Å². The minimum atomic E-state index is -0.469. The number of pyridine rings is 2. The number of likely N-dealkylation sites (tertiary alicyclic amines) is 1. The molecule has 3 atom stereocenters. The van der Waals surface area contributed by atoms with Gasteiger partial charge in [0.15, 0.2) is 5.82 Å². The number of nitrogens with two attached hydrogens (primary N) is 1. The number of rotatable bonds is 4. The summed E-state index contributed by atoms with van der Waals surface area (Å²) in [5, 5.41) is 4.39. The van der Waals surface area contributed by atoms with Gasteiger partial charge < -0.3 is 29.8 Å². The number of ether oxygens (including phenoxy) is 1. The molecular formula is C37H40ClFN8O3. The van der Waals surface area contributed by atoms with Crippen LogP contribution in [0, 0.1) is 5.82 Å². The lowest BCUT2D eigenvalue weighted by atomic mass is 10.0. The second-order valence-electron chi connectivity index (χ2n) is 13.8. The largest absolute Gasteiger partial charge is 0.380 e. The first kappa shape index (κ1) is 32.8. The molecule has 1 saturated carbocycles. The van der Waals surface area contributed by atoms with Gasteiger partial charge in [-0.15, -0.1) is 0 Å². The molecule has 11 nitrogen and oxygen atoms in total. The fourth-order valence-corrected chi connectivity index (χ4v) is 7.71.